The second kappa shape index (κ2) is 51.9. The predicted octanol–water partition coefficient (Wildman–Crippen LogP) is -13.3. The van der Waals surface area contributed by atoms with Crippen molar-refractivity contribution in [2.24, 2.45) is 0 Å². The molecule has 0 aliphatic rings. The normalized spacial score (nSPS) is 5.42. The molecule has 15 nitrogen and oxygen atoms in total. The Kier molecular flexibility index (Phi) is 124. The number of hydrogen-bond acceptors (Lipinski definition) is 15. The van der Waals surface area contributed by atoms with Crippen LogP contribution in [0, 0.1) is 0 Å². The van der Waals surface area contributed by atoms with Crippen LogP contribution in [0.1, 0.15) is 0 Å². The zero-order chi connectivity index (χ0) is 17.9. The summed E-state index contributed by atoms with van der Waals surface area (Å²) in [4.78, 5) is 0. The average Bonchev–Trinajstić information content (AvgIpc) is 1.94. The molecule has 4 radical (unpaired) electrons. The first-order valence-corrected chi connectivity index (χ1v) is 18.1. The van der Waals surface area contributed by atoms with E-state index in [1.807, 2.05) is 0 Å². The van der Waals surface area contributed by atoms with Gasteiger partial charge in [0.15, 0.2) is 0 Å². The molecule has 0 bridgehead atoms. The Morgan fingerprint density at radius 3 is 0.333 bits per heavy atom. The number of rotatable bonds is 0. The quantitative estimate of drug-likeness (QED) is 0.204. The van der Waals surface area contributed by atoms with E-state index in [1.54, 1.807) is 0 Å². The molecule has 0 aromatic carbocycles. The van der Waals surface area contributed by atoms with Crippen LogP contribution in [0.25, 0.3) is 0 Å². The third kappa shape index (κ3) is 500. The Labute approximate surface area is 258 Å². The summed E-state index contributed by atoms with van der Waals surface area (Å²) in [5.74, 6) is 0. The van der Waals surface area contributed by atoms with Crippen LogP contribution in [-0.4, -0.2) is 54.6 Å². The van der Waals surface area contributed by atoms with Gasteiger partial charge in [-0.05, 0) is 0 Å². The van der Waals surface area contributed by atoms with Crippen molar-refractivity contribution in [2.75, 3.05) is 0 Å². The van der Waals surface area contributed by atoms with E-state index in [-0.39, 0.29) is 106 Å². The zero-order valence-electron chi connectivity index (χ0n) is 10.8. The van der Waals surface area contributed by atoms with Gasteiger partial charge < -0.3 is 0 Å². The first kappa shape index (κ1) is 57.5. The van der Waals surface area contributed by atoms with Gasteiger partial charge in [-0.15, -0.1) is 0 Å². The molecule has 0 unspecified atom stereocenters. The summed E-state index contributed by atoms with van der Waals surface area (Å²) in [5, 5.41) is 0. The minimum atomic E-state index is -4.29. The molecule has 0 saturated carbocycles. The SMILES string of the molecule is [O]=[Zr]([O-])[O-].[O]=[Zr]([O-])[O-].[O]=[Zr]([O-])[O-].[O]=[Zr]([O-])[O-].[O]=[Zr]([O-])[O-].[Pb+2].[Pb+2].[Sc+3].[Sc+3]. The Bertz CT molecular complexity index is 221. The maximum Gasteiger partial charge on any atom is 3.00 e. The molecule has 0 aliphatic heterocycles. The standard InChI is InChI=1S/15O.2Pb.2Sc.5Zr/q;;;;;10*-1;2*+2;2*+3;;;;;. The monoisotopic (exact) mass is 1200 g/mol. The fourth-order valence-corrected chi connectivity index (χ4v) is 0. The summed E-state index contributed by atoms with van der Waals surface area (Å²) in [6, 6.07) is 0. The molecule has 0 amide bonds. The number of hydrogen-bond donors (Lipinski definition) is 0. The Balaban J connectivity index is -0.0000000161. The second-order valence-electron chi connectivity index (χ2n) is 1.25. The minimum absolute atomic E-state index is 0. The third-order valence-electron chi connectivity index (χ3n) is 0. The molecule has 0 aromatic rings. The molecule has 0 rings (SSSR count). The molecule has 0 aromatic heterocycles. The Morgan fingerprint density at radius 2 is 0.333 bits per heavy atom. The van der Waals surface area contributed by atoms with E-state index in [4.69, 9.17) is 45.9 Å². The van der Waals surface area contributed by atoms with Crippen LogP contribution in [-0.2, 0) is 179 Å². The summed E-state index contributed by atoms with van der Waals surface area (Å²) < 4.78 is 129. The fraction of sp³-hybridized carbons (Fsp3) is 0. The van der Waals surface area contributed by atoms with Crippen molar-refractivity contribution in [1.82, 2.24) is 0 Å². The van der Waals surface area contributed by atoms with Crippen molar-refractivity contribution in [1.29, 1.82) is 0 Å². The Morgan fingerprint density at radius 1 is 0.333 bits per heavy atom. The molecule has 0 heterocycles. The van der Waals surface area contributed by atoms with Gasteiger partial charge in [0.2, 0.25) is 0 Å². The zero-order valence-corrected chi connectivity index (χ0v) is 34.4. The van der Waals surface area contributed by atoms with E-state index < -0.39 is 113 Å². The first-order valence-electron chi connectivity index (χ1n) is 3.06. The minimum Gasteiger partial charge on any atom is 2.00 e. The van der Waals surface area contributed by atoms with E-state index in [9.17, 15) is 0 Å². The van der Waals surface area contributed by atoms with Gasteiger partial charge in [0.25, 0.3) is 0 Å². The summed E-state index contributed by atoms with van der Waals surface area (Å²) in [7, 11) is 0. The van der Waals surface area contributed by atoms with Gasteiger partial charge in [-0.3, -0.25) is 0 Å². The summed E-state index contributed by atoms with van der Waals surface area (Å²) in [6.07, 6.45) is 0. The van der Waals surface area contributed by atoms with Crippen LogP contribution in [0.3, 0.4) is 0 Å². The van der Waals surface area contributed by atoms with Gasteiger partial charge in [0.05, 0.1) is 0 Å². The third-order valence-corrected chi connectivity index (χ3v) is 0. The van der Waals surface area contributed by atoms with E-state index in [0.717, 1.165) is 0 Å². The average molecular weight is 1200 g/mol. The fourth-order valence-electron chi connectivity index (χ4n) is 0. The van der Waals surface area contributed by atoms with Gasteiger partial charge >= 0.3 is 265 Å². The van der Waals surface area contributed by atoms with Gasteiger partial charge in [0.1, 0.15) is 0 Å². The van der Waals surface area contributed by atoms with Crippen LogP contribution < -0.4 is 31.8 Å². The van der Waals surface area contributed by atoms with Gasteiger partial charge in [-0.1, -0.05) is 0 Å². The molecule has 0 N–H and O–H groups in total. The van der Waals surface area contributed by atoms with E-state index in [1.165, 1.54) is 0 Å². The molecule has 0 aliphatic carbocycles. The first-order chi connectivity index (χ1) is 8.66. The topological polar surface area (TPSA) is 316 Å². The van der Waals surface area contributed by atoms with E-state index in [0.29, 0.717) is 0 Å². The second-order valence-corrected chi connectivity index (χ2v) is 7.40. The maximum atomic E-state index is 8.61. The molecule has 124 valence electrons. The molecule has 0 spiro atoms. The van der Waals surface area contributed by atoms with Crippen LogP contribution in [0.4, 0.5) is 0 Å². The van der Waals surface area contributed by atoms with E-state index in [2.05, 4.69) is 0 Å². The smallest absolute Gasteiger partial charge is 2.00 e. The largest absolute Gasteiger partial charge is 3.00 e. The summed E-state index contributed by atoms with van der Waals surface area (Å²) in [5.41, 5.74) is 0. The van der Waals surface area contributed by atoms with Crippen molar-refractivity contribution >= 4 is 54.6 Å². The van der Waals surface area contributed by atoms with Crippen molar-refractivity contribution in [3.8, 4) is 0 Å². The van der Waals surface area contributed by atoms with Crippen LogP contribution in [0.5, 0.6) is 0 Å². The molecule has 0 atom stereocenters. The van der Waals surface area contributed by atoms with Crippen molar-refractivity contribution < 1.29 is 211 Å². The summed E-state index contributed by atoms with van der Waals surface area (Å²) >= 11 is -21.5. The van der Waals surface area contributed by atoms with E-state index >= 15 is 0 Å². The van der Waals surface area contributed by atoms with Gasteiger partial charge in [0, 0.05) is 0 Å². The molecular formula is O15Pb2Sc2Zr5. The van der Waals surface area contributed by atoms with Crippen LogP contribution in [0.2, 0.25) is 0 Å². The van der Waals surface area contributed by atoms with Crippen LogP contribution in [0.15, 0.2) is 0 Å². The predicted molar refractivity (Wildman–Crippen MR) is 14.9 cm³/mol. The maximum absolute atomic E-state index is 8.61. The van der Waals surface area contributed by atoms with Gasteiger partial charge in [-0.2, -0.15) is 0 Å². The molecule has 24 heteroatoms. The molecule has 24 heavy (non-hydrogen) atoms. The molecular weight excluding hydrogens is 1200 g/mol. The van der Waals surface area contributed by atoms with Crippen molar-refractivity contribution in [3.05, 3.63) is 0 Å². The summed E-state index contributed by atoms with van der Waals surface area (Å²) in [6.45, 7) is 0. The molecule has 0 saturated heterocycles. The molecule has 0 fully saturated rings. The van der Waals surface area contributed by atoms with Crippen molar-refractivity contribution in [2.45, 2.75) is 0 Å². The Hall–Kier alpha value is 6.60. The van der Waals surface area contributed by atoms with Crippen LogP contribution >= 0.6 is 0 Å². The van der Waals surface area contributed by atoms with Gasteiger partial charge in [-0.25, -0.2) is 0 Å². The van der Waals surface area contributed by atoms with Crippen molar-refractivity contribution in [3.63, 3.8) is 0 Å².